The van der Waals surface area contributed by atoms with Gasteiger partial charge in [-0.05, 0) is 18.6 Å². The van der Waals surface area contributed by atoms with E-state index >= 15 is 0 Å². The lowest BCUT2D eigenvalue weighted by Crippen LogP contribution is -2.17. The molecular formula is C19H18N2O4S. The Morgan fingerprint density at radius 2 is 1.96 bits per heavy atom. The molecule has 1 aromatic heterocycles. The summed E-state index contributed by atoms with van der Waals surface area (Å²) >= 11 is 1.43. The van der Waals surface area contributed by atoms with Crippen LogP contribution < -0.4 is 19.0 Å². The Bertz CT molecular complexity index is 1050. The number of ether oxygens (including phenoxy) is 3. The number of rotatable bonds is 3. The number of hydrogen-bond donors (Lipinski definition) is 0. The second-order valence-corrected chi connectivity index (χ2v) is 6.98. The Balaban J connectivity index is 1.60. The minimum atomic E-state index is -0.326. The molecule has 1 aliphatic heterocycles. The first-order valence-corrected chi connectivity index (χ1v) is 9.08. The molecule has 0 unspecified atom stereocenters. The molecule has 2 heterocycles. The Labute approximate surface area is 154 Å². The van der Waals surface area contributed by atoms with Gasteiger partial charge in [0.2, 0.25) is 0 Å². The lowest BCUT2D eigenvalue weighted by atomic mass is 10.2. The average molecular weight is 370 g/mol. The summed E-state index contributed by atoms with van der Waals surface area (Å²) in [4.78, 5) is 17.0. The number of carbonyl (C=O) groups excluding carboxylic acids is 1. The van der Waals surface area contributed by atoms with Gasteiger partial charge in [-0.15, -0.1) is 0 Å². The molecule has 0 saturated heterocycles. The predicted molar refractivity (Wildman–Crippen MR) is 99.0 cm³/mol. The second-order valence-electron chi connectivity index (χ2n) is 5.97. The van der Waals surface area contributed by atoms with Gasteiger partial charge in [0.25, 0.3) is 5.91 Å². The van der Waals surface area contributed by atoms with Gasteiger partial charge in [-0.2, -0.15) is 4.99 Å². The first-order valence-electron chi connectivity index (χ1n) is 8.27. The van der Waals surface area contributed by atoms with E-state index in [2.05, 4.69) is 4.99 Å². The summed E-state index contributed by atoms with van der Waals surface area (Å²) in [6.45, 7) is 2.93. The van der Waals surface area contributed by atoms with Crippen molar-refractivity contribution in [3.63, 3.8) is 0 Å². The fraction of sp³-hybridized carbons (Fsp3) is 0.263. The van der Waals surface area contributed by atoms with Gasteiger partial charge < -0.3 is 18.8 Å². The van der Waals surface area contributed by atoms with Gasteiger partial charge in [-0.3, -0.25) is 4.79 Å². The van der Waals surface area contributed by atoms with Crippen LogP contribution >= 0.6 is 11.3 Å². The molecule has 0 spiro atoms. The Morgan fingerprint density at radius 1 is 1.23 bits per heavy atom. The molecule has 7 heteroatoms. The third kappa shape index (κ3) is 3.17. The smallest absolute Gasteiger partial charge is 0.286 e. The summed E-state index contributed by atoms with van der Waals surface area (Å²) in [6.07, 6.45) is 0. The first kappa shape index (κ1) is 16.7. The van der Waals surface area contributed by atoms with Crippen LogP contribution in [-0.2, 0) is 11.8 Å². The molecule has 0 N–H and O–H groups in total. The lowest BCUT2D eigenvalue weighted by molar-refractivity contribution is -0.120. The van der Waals surface area contributed by atoms with E-state index in [-0.39, 0.29) is 12.5 Å². The fourth-order valence-electron chi connectivity index (χ4n) is 2.77. The van der Waals surface area contributed by atoms with Crippen molar-refractivity contribution in [3.05, 3.63) is 46.8 Å². The normalized spacial score (nSPS) is 13.8. The maximum Gasteiger partial charge on any atom is 0.286 e. The third-order valence-corrected chi connectivity index (χ3v) is 5.23. The second kappa shape index (κ2) is 6.84. The van der Waals surface area contributed by atoms with Crippen molar-refractivity contribution in [3.8, 4) is 17.2 Å². The molecule has 0 saturated carbocycles. The lowest BCUT2D eigenvalue weighted by Gasteiger charge is -2.18. The number of para-hydroxylation sites is 1. The van der Waals surface area contributed by atoms with Crippen molar-refractivity contribution in [1.82, 2.24) is 4.57 Å². The molecule has 2 aromatic carbocycles. The molecule has 3 aromatic rings. The Hall–Kier alpha value is -2.80. The summed E-state index contributed by atoms with van der Waals surface area (Å²) in [6, 6.07) is 11.4. The topological polar surface area (TPSA) is 62.0 Å². The molecular weight excluding hydrogens is 352 g/mol. The van der Waals surface area contributed by atoms with Gasteiger partial charge in [-0.1, -0.05) is 29.5 Å². The average Bonchev–Trinajstić information content (AvgIpc) is 2.94. The monoisotopic (exact) mass is 370 g/mol. The van der Waals surface area contributed by atoms with E-state index in [0.29, 0.717) is 23.8 Å². The summed E-state index contributed by atoms with van der Waals surface area (Å²) < 4.78 is 19.7. The van der Waals surface area contributed by atoms with Crippen LogP contribution in [0.4, 0.5) is 0 Å². The maximum atomic E-state index is 12.2. The number of aryl methyl sites for hydroxylation is 2. The largest absolute Gasteiger partial charge is 0.486 e. The third-order valence-electron chi connectivity index (χ3n) is 4.14. The van der Waals surface area contributed by atoms with E-state index in [9.17, 15) is 4.79 Å². The highest BCUT2D eigenvalue weighted by Crippen LogP contribution is 2.35. The number of benzene rings is 2. The highest BCUT2D eigenvalue weighted by molar-refractivity contribution is 7.16. The fourth-order valence-corrected chi connectivity index (χ4v) is 3.81. The van der Waals surface area contributed by atoms with Crippen molar-refractivity contribution < 1.29 is 19.0 Å². The molecule has 1 aliphatic rings. The maximum absolute atomic E-state index is 12.2. The van der Waals surface area contributed by atoms with E-state index in [1.165, 1.54) is 11.3 Å². The highest BCUT2D eigenvalue weighted by Gasteiger charge is 2.15. The van der Waals surface area contributed by atoms with Gasteiger partial charge in [0.15, 0.2) is 22.9 Å². The summed E-state index contributed by atoms with van der Waals surface area (Å²) in [5.74, 6) is 1.82. The minimum Gasteiger partial charge on any atom is -0.486 e. The van der Waals surface area contributed by atoms with E-state index < -0.39 is 0 Å². The van der Waals surface area contributed by atoms with E-state index in [0.717, 1.165) is 27.3 Å². The molecule has 4 rings (SSSR count). The summed E-state index contributed by atoms with van der Waals surface area (Å²) in [5.41, 5.74) is 1.93. The van der Waals surface area contributed by atoms with Gasteiger partial charge in [0, 0.05) is 19.2 Å². The zero-order valence-corrected chi connectivity index (χ0v) is 15.3. The van der Waals surface area contributed by atoms with E-state index in [1.54, 1.807) is 0 Å². The number of fused-ring (bicyclic) bond motifs is 2. The van der Waals surface area contributed by atoms with Crippen molar-refractivity contribution in [2.45, 2.75) is 6.92 Å². The number of aromatic nitrogens is 1. The highest BCUT2D eigenvalue weighted by atomic mass is 32.1. The van der Waals surface area contributed by atoms with Crippen molar-refractivity contribution >= 4 is 27.5 Å². The van der Waals surface area contributed by atoms with Crippen molar-refractivity contribution in [2.75, 3.05) is 19.8 Å². The van der Waals surface area contributed by atoms with Crippen molar-refractivity contribution in [2.24, 2.45) is 12.0 Å². The van der Waals surface area contributed by atoms with Gasteiger partial charge in [0.05, 0.1) is 10.2 Å². The molecule has 0 fully saturated rings. The molecule has 134 valence electrons. The van der Waals surface area contributed by atoms with Crippen LogP contribution in [0.1, 0.15) is 5.56 Å². The van der Waals surface area contributed by atoms with Crippen LogP contribution in [0.15, 0.2) is 41.4 Å². The molecule has 0 aliphatic carbocycles. The van der Waals surface area contributed by atoms with Crippen LogP contribution in [0, 0.1) is 6.92 Å². The number of amides is 1. The molecule has 0 atom stereocenters. The molecule has 1 amide bonds. The first-order chi connectivity index (χ1) is 12.6. The van der Waals surface area contributed by atoms with Gasteiger partial charge >= 0.3 is 0 Å². The molecule has 0 radical (unpaired) electrons. The zero-order valence-electron chi connectivity index (χ0n) is 14.5. The standard InChI is InChI=1S/C19H18N2O4S/c1-12-5-3-4-6-14(12)25-11-18(22)20-19-21(2)13-9-15-16(10-17(13)26-19)24-8-7-23-15/h3-6,9-10H,7-8,11H2,1-2H3. The number of nitrogens with zero attached hydrogens (tertiary/aromatic N) is 2. The number of carbonyl (C=O) groups is 1. The van der Waals surface area contributed by atoms with Crippen LogP contribution in [0.3, 0.4) is 0 Å². The molecule has 6 nitrogen and oxygen atoms in total. The number of hydrogen-bond acceptors (Lipinski definition) is 5. The minimum absolute atomic E-state index is 0.0954. The predicted octanol–water partition coefficient (Wildman–Crippen LogP) is 2.83. The van der Waals surface area contributed by atoms with E-state index in [4.69, 9.17) is 14.2 Å². The van der Waals surface area contributed by atoms with Crippen LogP contribution in [0.25, 0.3) is 10.2 Å². The summed E-state index contributed by atoms with van der Waals surface area (Å²) in [5, 5.41) is 0. The quantitative estimate of drug-likeness (QED) is 0.711. The SMILES string of the molecule is Cc1ccccc1OCC(=O)N=c1sc2cc3c(cc2n1C)OCCO3. The number of thiazole rings is 1. The van der Waals surface area contributed by atoms with Crippen LogP contribution in [0.5, 0.6) is 17.2 Å². The zero-order chi connectivity index (χ0) is 18.1. The van der Waals surface area contributed by atoms with Gasteiger partial charge in [0.1, 0.15) is 19.0 Å². The van der Waals surface area contributed by atoms with Crippen LogP contribution in [-0.4, -0.2) is 30.3 Å². The van der Waals surface area contributed by atoms with Crippen molar-refractivity contribution in [1.29, 1.82) is 0 Å². The van der Waals surface area contributed by atoms with Gasteiger partial charge in [-0.25, -0.2) is 0 Å². The Kier molecular flexibility index (Phi) is 4.38. The molecule has 0 bridgehead atoms. The molecule has 26 heavy (non-hydrogen) atoms. The summed E-state index contributed by atoms with van der Waals surface area (Å²) in [7, 11) is 1.88. The van der Waals surface area contributed by atoms with Crippen LogP contribution in [0.2, 0.25) is 0 Å². The Morgan fingerprint density at radius 3 is 2.73 bits per heavy atom. The van der Waals surface area contributed by atoms with E-state index in [1.807, 2.05) is 54.9 Å².